The molecule has 2 nitrogen and oxygen atoms in total. The van der Waals surface area contributed by atoms with Crippen molar-refractivity contribution in [2.45, 2.75) is 12.0 Å². The molecule has 0 saturated carbocycles. The molecule has 1 unspecified atom stereocenters. The Bertz CT molecular complexity index is 479. The van der Waals surface area contributed by atoms with Crippen LogP contribution in [-0.2, 0) is 6.61 Å². The third kappa shape index (κ3) is 1.46. The molecule has 1 aromatic carbocycles. The van der Waals surface area contributed by atoms with Gasteiger partial charge in [-0.15, -0.1) is 11.6 Å². The van der Waals surface area contributed by atoms with Crippen LogP contribution in [0.4, 0.5) is 0 Å². The first-order valence-corrected chi connectivity index (χ1v) is 5.59. The number of rotatable bonds is 0. The largest absolute Gasteiger partial charge is 0.487 e. The normalized spacial score (nSPS) is 17.9. The highest BCUT2D eigenvalue weighted by molar-refractivity contribution is 6.23. The van der Waals surface area contributed by atoms with Crippen LogP contribution in [0.25, 0.3) is 0 Å². The summed E-state index contributed by atoms with van der Waals surface area (Å²) in [5, 5.41) is -0.178. The Morgan fingerprint density at radius 1 is 1.12 bits per heavy atom. The SMILES string of the molecule is ClC1c2ccccc2OCc2ncccc21. The molecule has 0 radical (unpaired) electrons. The maximum Gasteiger partial charge on any atom is 0.131 e. The van der Waals surface area contributed by atoms with Gasteiger partial charge >= 0.3 is 0 Å². The summed E-state index contributed by atoms with van der Waals surface area (Å²) in [7, 11) is 0. The van der Waals surface area contributed by atoms with Crippen molar-refractivity contribution in [1.29, 1.82) is 0 Å². The monoisotopic (exact) mass is 231 g/mol. The lowest BCUT2D eigenvalue weighted by Crippen LogP contribution is -1.99. The van der Waals surface area contributed by atoms with Crippen LogP contribution in [0.3, 0.4) is 0 Å². The molecule has 1 aromatic heterocycles. The first-order valence-electron chi connectivity index (χ1n) is 5.16. The molecular formula is C13H10ClNO. The molecular weight excluding hydrogens is 222 g/mol. The van der Waals surface area contributed by atoms with E-state index in [1.54, 1.807) is 6.20 Å². The number of fused-ring (bicyclic) bond motifs is 2. The first kappa shape index (κ1) is 9.67. The average molecular weight is 232 g/mol. The van der Waals surface area contributed by atoms with Crippen molar-refractivity contribution in [2.75, 3.05) is 0 Å². The zero-order valence-electron chi connectivity index (χ0n) is 8.56. The van der Waals surface area contributed by atoms with E-state index in [0.29, 0.717) is 6.61 Å². The van der Waals surface area contributed by atoms with Crippen LogP contribution in [0, 0.1) is 0 Å². The Morgan fingerprint density at radius 3 is 2.88 bits per heavy atom. The summed E-state index contributed by atoms with van der Waals surface area (Å²) >= 11 is 6.46. The summed E-state index contributed by atoms with van der Waals surface area (Å²) in [5.74, 6) is 0.848. The van der Waals surface area contributed by atoms with Gasteiger partial charge in [0.05, 0.1) is 11.1 Å². The molecule has 1 atom stereocenters. The fourth-order valence-corrected chi connectivity index (χ4v) is 2.32. The summed E-state index contributed by atoms with van der Waals surface area (Å²) in [6, 6.07) is 11.8. The number of pyridine rings is 1. The minimum atomic E-state index is -0.178. The van der Waals surface area contributed by atoms with Crippen molar-refractivity contribution >= 4 is 11.6 Å². The predicted octanol–water partition coefficient (Wildman–Crippen LogP) is 3.30. The van der Waals surface area contributed by atoms with E-state index in [-0.39, 0.29) is 5.38 Å². The molecule has 16 heavy (non-hydrogen) atoms. The molecule has 0 amide bonds. The van der Waals surface area contributed by atoms with Gasteiger partial charge in [0.1, 0.15) is 12.4 Å². The van der Waals surface area contributed by atoms with Gasteiger partial charge < -0.3 is 4.74 Å². The second-order valence-electron chi connectivity index (χ2n) is 3.73. The van der Waals surface area contributed by atoms with Crippen LogP contribution in [0.2, 0.25) is 0 Å². The van der Waals surface area contributed by atoms with E-state index in [0.717, 1.165) is 22.6 Å². The highest BCUT2D eigenvalue weighted by Crippen LogP contribution is 2.38. The number of benzene rings is 1. The number of para-hydroxylation sites is 1. The fourth-order valence-electron chi connectivity index (χ4n) is 1.94. The molecule has 3 rings (SSSR count). The summed E-state index contributed by atoms with van der Waals surface area (Å²) in [5.41, 5.74) is 2.96. The lowest BCUT2D eigenvalue weighted by Gasteiger charge is -2.10. The Labute approximate surface area is 98.8 Å². The van der Waals surface area contributed by atoms with Gasteiger partial charge in [-0.3, -0.25) is 4.98 Å². The highest BCUT2D eigenvalue weighted by atomic mass is 35.5. The second kappa shape index (κ2) is 3.80. The number of aromatic nitrogens is 1. The number of alkyl halides is 1. The molecule has 1 aliphatic rings. The van der Waals surface area contributed by atoms with Crippen LogP contribution >= 0.6 is 11.6 Å². The van der Waals surface area contributed by atoms with Crippen LogP contribution in [-0.4, -0.2) is 4.98 Å². The Hall–Kier alpha value is -1.54. The first-order chi connectivity index (χ1) is 7.86. The summed E-state index contributed by atoms with van der Waals surface area (Å²) in [6.45, 7) is 0.483. The fraction of sp³-hybridized carbons (Fsp3) is 0.154. The van der Waals surface area contributed by atoms with E-state index in [4.69, 9.17) is 16.3 Å². The van der Waals surface area contributed by atoms with Crippen molar-refractivity contribution < 1.29 is 4.74 Å². The third-order valence-corrected chi connectivity index (χ3v) is 3.23. The van der Waals surface area contributed by atoms with Crippen molar-refractivity contribution in [1.82, 2.24) is 4.98 Å². The highest BCUT2D eigenvalue weighted by Gasteiger charge is 2.22. The maximum absolute atomic E-state index is 6.46. The Kier molecular flexibility index (Phi) is 2.29. The van der Waals surface area contributed by atoms with E-state index in [1.165, 1.54) is 0 Å². The lowest BCUT2D eigenvalue weighted by molar-refractivity contribution is 0.302. The standard InChI is InChI=1S/C13H10ClNO/c14-13-9-5-3-7-15-11(9)8-16-12-6-2-1-4-10(12)13/h1-7,13H,8H2. The molecule has 0 fully saturated rings. The van der Waals surface area contributed by atoms with Crippen molar-refractivity contribution in [3.05, 3.63) is 59.4 Å². The molecule has 2 aromatic rings. The molecule has 0 aliphatic carbocycles. The minimum Gasteiger partial charge on any atom is -0.487 e. The molecule has 0 bridgehead atoms. The van der Waals surface area contributed by atoms with E-state index < -0.39 is 0 Å². The Morgan fingerprint density at radius 2 is 1.94 bits per heavy atom. The van der Waals surface area contributed by atoms with E-state index in [2.05, 4.69) is 4.98 Å². The second-order valence-corrected chi connectivity index (χ2v) is 4.16. The molecule has 0 spiro atoms. The van der Waals surface area contributed by atoms with Gasteiger partial charge in [0, 0.05) is 11.8 Å². The van der Waals surface area contributed by atoms with E-state index in [1.807, 2.05) is 36.4 Å². The zero-order chi connectivity index (χ0) is 11.0. The van der Waals surface area contributed by atoms with E-state index in [9.17, 15) is 0 Å². The molecule has 2 heterocycles. The van der Waals surface area contributed by atoms with Gasteiger partial charge in [0.15, 0.2) is 0 Å². The van der Waals surface area contributed by atoms with Crippen LogP contribution in [0.15, 0.2) is 42.6 Å². The summed E-state index contributed by atoms with van der Waals surface area (Å²) in [6.07, 6.45) is 1.77. The molecule has 80 valence electrons. The minimum absolute atomic E-state index is 0.178. The van der Waals surface area contributed by atoms with Gasteiger partial charge in [-0.1, -0.05) is 24.3 Å². The van der Waals surface area contributed by atoms with Crippen LogP contribution < -0.4 is 4.74 Å². The third-order valence-electron chi connectivity index (χ3n) is 2.75. The number of ether oxygens (including phenoxy) is 1. The molecule has 1 aliphatic heterocycles. The zero-order valence-corrected chi connectivity index (χ0v) is 9.32. The Balaban J connectivity index is 2.18. The summed E-state index contributed by atoms with van der Waals surface area (Å²) in [4.78, 5) is 4.30. The average Bonchev–Trinajstić information content (AvgIpc) is 2.49. The molecule has 3 heteroatoms. The summed E-state index contributed by atoms with van der Waals surface area (Å²) < 4.78 is 5.70. The molecule has 0 saturated heterocycles. The quantitative estimate of drug-likeness (QED) is 0.649. The van der Waals surface area contributed by atoms with Gasteiger partial charge in [0.25, 0.3) is 0 Å². The number of nitrogens with zero attached hydrogens (tertiary/aromatic N) is 1. The van der Waals surface area contributed by atoms with Gasteiger partial charge in [-0.2, -0.15) is 0 Å². The predicted molar refractivity (Wildman–Crippen MR) is 62.7 cm³/mol. The number of halogens is 1. The van der Waals surface area contributed by atoms with Gasteiger partial charge in [-0.25, -0.2) is 0 Å². The smallest absolute Gasteiger partial charge is 0.131 e. The van der Waals surface area contributed by atoms with Crippen molar-refractivity contribution in [2.24, 2.45) is 0 Å². The van der Waals surface area contributed by atoms with Gasteiger partial charge in [-0.05, 0) is 17.7 Å². The lowest BCUT2D eigenvalue weighted by atomic mass is 10.0. The van der Waals surface area contributed by atoms with Crippen molar-refractivity contribution in [3.8, 4) is 5.75 Å². The topological polar surface area (TPSA) is 22.1 Å². The van der Waals surface area contributed by atoms with Crippen LogP contribution in [0.1, 0.15) is 22.2 Å². The van der Waals surface area contributed by atoms with Gasteiger partial charge in [0.2, 0.25) is 0 Å². The van der Waals surface area contributed by atoms with Crippen molar-refractivity contribution in [3.63, 3.8) is 0 Å². The number of hydrogen-bond donors (Lipinski definition) is 0. The maximum atomic E-state index is 6.46. The van der Waals surface area contributed by atoms with E-state index >= 15 is 0 Å². The molecule has 0 N–H and O–H groups in total. The number of hydrogen-bond acceptors (Lipinski definition) is 2. The van der Waals surface area contributed by atoms with Crippen LogP contribution in [0.5, 0.6) is 5.75 Å².